The molecule has 1 rings (SSSR count). The van der Waals surface area contributed by atoms with Crippen molar-refractivity contribution < 1.29 is 0 Å². The molecule has 0 aliphatic carbocycles. The minimum atomic E-state index is 0.232. The molecule has 1 heterocycles. The maximum atomic E-state index is 5.77. The van der Waals surface area contributed by atoms with Crippen LogP contribution in [0.2, 0.25) is 5.15 Å². The van der Waals surface area contributed by atoms with E-state index >= 15 is 0 Å². The first-order valence-corrected chi connectivity index (χ1v) is 6.04. The Hall–Kier alpha value is -0.410. The Bertz CT molecular complexity index is 302. The Morgan fingerprint density at radius 3 is 2.86 bits per heavy atom. The Balaban J connectivity index is 2.54. The number of anilines is 1. The van der Waals surface area contributed by atoms with Gasteiger partial charge in [-0.3, -0.25) is 0 Å². The highest BCUT2D eigenvalue weighted by molar-refractivity contribution is 7.99. The van der Waals surface area contributed by atoms with Gasteiger partial charge in [-0.1, -0.05) is 11.6 Å². The lowest BCUT2D eigenvalue weighted by atomic mass is 10.2. The molecule has 0 aliphatic rings. The Morgan fingerprint density at radius 1 is 1.57 bits per heavy atom. The zero-order chi connectivity index (χ0) is 10.6. The largest absolute Gasteiger partial charge is 0.384 e. The van der Waals surface area contributed by atoms with Crippen molar-refractivity contribution in [2.45, 2.75) is 18.6 Å². The fourth-order valence-electron chi connectivity index (χ4n) is 0.900. The van der Waals surface area contributed by atoms with Crippen LogP contribution in [-0.2, 0) is 0 Å². The second-order valence-corrected chi connectivity index (χ2v) is 5.59. The molecule has 0 atom stereocenters. The van der Waals surface area contributed by atoms with Crippen LogP contribution in [0.3, 0.4) is 0 Å². The van der Waals surface area contributed by atoms with E-state index in [1.54, 1.807) is 6.20 Å². The molecule has 1 aromatic heterocycles. The standard InChI is InChI=1S/C10H15ClN2S/c1-10(2,14-3)7-13-8-4-5-12-9(11)6-8/h4-6H,7H2,1-3H3,(H,12,13). The first-order valence-electron chi connectivity index (χ1n) is 4.44. The summed E-state index contributed by atoms with van der Waals surface area (Å²) >= 11 is 7.61. The van der Waals surface area contributed by atoms with Gasteiger partial charge in [-0.05, 0) is 32.2 Å². The first kappa shape index (κ1) is 11.7. The Labute approximate surface area is 94.5 Å². The van der Waals surface area contributed by atoms with Crippen molar-refractivity contribution in [2.75, 3.05) is 18.1 Å². The average molecular weight is 231 g/mol. The van der Waals surface area contributed by atoms with Gasteiger partial charge in [0, 0.05) is 23.2 Å². The molecular weight excluding hydrogens is 216 g/mol. The van der Waals surface area contributed by atoms with Gasteiger partial charge in [0.1, 0.15) is 5.15 Å². The Morgan fingerprint density at radius 2 is 2.29 bits per heavy atom. The molecule has 1 aromatic rings. The van der Waals surface area contributed by atoms with Gasteiger partial charge < -0.3 is 5.32 Å². The van der Waals surface area contributed by atoms with Gasteiger partial charge >= 0.3 is 0 Å². The maximum absolute atomic E-state index is 5.77. The number of halogens is 1. The molecule has 0 bridgehead atoms. The maximum Gasteiger partial charge on any atom is 0.131 e. The van der Waals surface area contributed by atoms with Crippen molar-refractivity contribution in [3.63, 3.8) is 0 Å². The first-order chi connectivity index (χ1) is 6.53. The number of hydrogen-bond donors (Lipinski definition) is 1. The quantitative estimate of drug-likeness (QED) is 0.804. The molecule has 2 nitrogen and oxygen atoms in total. The highest BCUT2D eigenvalue weighted by Crippen LogP contribution is 2.22. The normalized spacial score (nSPS) is 11.4. The van der Waals surface area contributed by atoms with Crippen LogP contribution in [0.4, 0.5) is 5.69 Å². The van der Waals surface area contributed by atoms with Gasteiger partial charge in [0.2, 0.25) is 0 Å². The molecule has 78 valence electrons. The molecule has 1 N–H and O–H groups in total. The number of aromatic nitrogens is 1. The van der Waals surface area contributed by atoms with Crippen molar-refractivity contribution in [2.24, 2.45) is 0 Å². The summed E-state index contributed by atoms with van der Waals surface area (Å²) < 4.78 is 0.232. The number of nitrogens with one attached hydrogen (secondary N) is 1. The summed E-state index contributed by atoms with van der Waals surface area (Å²) in [5.41, 5.74) is 1.02. The van der Waals surface area contributed by atoms with Crippen molar-refractivity contribution in [3.05, 3.63) is 23.5 Å². The topological polar surface area (TPSA) is 24.9 Å². The molecule has 0 amide bonds. The lowest BCUT2D eigenvalue weighted by Gasteiger charge is -2.22. The molecule has 0 saturated carbocycles. The molecule has 14 heavy (non-hydrogen) atoms. The fraction of sp³-hybridized carbons (Fsp3) is 0.500. The molecule has 4 heteroatoms. The zero-order valence-electron chi connectivity index (χ0n) is 8.67. The van der Waals surface area contributed by atoms with Crippen LogP contribution in [-0.4, -0.2) is 22.5 Å². The smallest absolute Gasteiger partial charge is 0.131 e. The molecule has 0 unspecified atom stereocenters. The lowest BCUT2D eigenvalue weighted by Crippen LogP contribution is -2.25. The number of thioether (sulfide) groups is 1. The van der Waals surface area contributed by atoms with E-state index in [1.807, 2.05) is 23.9 Å². The predicted molar refractivity (Wildman–Crippen MR) is 65.3 cm³/mol. The fourth-order valence-corrected chi connectivity index (χ4v) is 1.29. The van der Waals surface area contributed by atoms with Crippen LogP contribution >= 0.6 is 23.4 Å². The van der Waals surface area contributed by atoms with E-state index in [-0.39, 0.29) is 4.75 Å². The van der Waals surface area contributed by atoms with Gasteiger partial charge in [0.15, 0.2) is 0 Å². The van der Waals surface area contributed by atoms with Crippen molar-refractivity contribution in [1.82, 2.24) is 4.98 Å². The van der Waals surface area contributed by atoms with Crippen molar-refractivity contribution in [3.8, 4) is 0 Å². The van der Waals surface area contributed by atoms with Crippen molar-refractivity contribution >= 4 is 29.1 Å². The molecule has 0 radical (unpaired) electrons. The van der Waals surface area contributed by atoms with Gasteiger partial charge in [-0.2, -0.15) is 11.8 Å². The monoisotopic (exact) mass is 230 g/mol. The van der Waals surface area contributed by atoms with E-state index in [2.05, 4.69) is 30.4 Å². The van der Waals surface area contributed by atoms with Crippen LogP contribution in [0.5, 0.6) is 0 Å². The summed E-state index contributed by atoms with van der Waals surface area (Å²) in [4.78, 5) is 3.92. The molecule has 0 aliphatic heterocycles. The number of rotatable bonds is 4. The van der Waals surface area contributed by atoms with Crippen LogP contribution in [0.1, 0.15) is 13.8 Å². The molecule has 0 aromatic carbocycles. The molecule has 0 spiro atoms. The van der Waals surface area contributed by atoms with Gasteiger partial charge in [-0.15, -0.1) is 0 Å². The van der Waals surface area contributed by atoms with E-state index < -0.39 is 0 Å². The van der Waals surface area contributed by atoms with Gasteiger partial charge in [0.25, 0.3) is 0 Å². The SMILES string of the molecule is CSC(C)(C)CNc1ccnc(Cl)c1. The van der Waals surface area contributed by atoms with Crippen LogP contribution in [0.15, 0.2) is 18.3 Å². The number of nitrogens with zero attached hydrogens (tertiary/aromatic N) is 1. The van der Waals surface area contributed by atoms with Gasteiger partial charge in [0.05, 0.1) is 0 Å². The summed E-state index contributed by atoms with van der Waals surface area (Å²) in [5, 5.41) is 3.86. The van der Waals surface area contributed by atoms with E-state index in [0.717, 1.165) is 12.2 Å². The molecular formula is C10H15ClN2S. The molecule has 0 fully saturated rings. The summed E-state index contributed by atoms with van der Waals surface area (Å²) in [6.45, 7) is 5.31. The third kappa shape index (κ3) is 3.76. The lowest BCUT2D eigenvalue weighted by molar-refractivity contribution is 0.752. The minimum absolute atomic E-state index is 0.232. The van der Waals surface area contributed by atoms with Gasteiger partial charge in [-0.25, -0.2) is 4.98 Å². The van der Waals surface area contributed by atoms with Crippen LogP contribution < -0.4 is 5.32 Å². The van der Waals surface area contributed by atoms with Crippen LogP contribution in [0, 0.1) is 0 Å². The zero-order valence-corrected chi connectivity index (χ0v) is 10.2. The van der Waals surface area contributed by atoms with E-state index in [0.29, 0.717) is 5.15 Å². The summed E-state index contributed by atoms with van der Waals surface area (Å²) in [5.74, 6) is 0. The number of pyridine rings is 1. The number of hydrogen-bond acceptors (Lipinski definition) is 3. The summed E-state index contributed by atoms with van der Waals surface area (Å²) in [6, 6.07) is 3.75. The second-order valence-electron chi connectivity index (χ2n) is 3.68. The minimum Gasteiger partial charge on any atom is -0.384 e. The molecule has 0 saturated heterocycles. The highest BCUT2D eigenvalue weighted by atomic mass is 35.5. The predicted octanol–water partition coefficient (Wildman–Crippen LogP) is 3.29. The third-order valence-corrected chi connectivity index (χ3v) is 3.45. The van der Waals surface area contributed by atoms with Crippen LogP contribution in [0.25, 0.3) is 0 Å². The van der Waals surface area contributed by atoms with E-state index in [4.69, 9.17) is 11.6 Å². The third-order valence-electron chi connectivity index (χ3n) is 2.00. The summed E-state index contributed by atoms with van der Waals surface area (Å²) in [7, 11) is 0. The second kappa shape index (κ2) is 4.89. The Kier molecular flexibility index (Phi) is 4.08. The summed E-state index contributed by atoms with van der Waals surface area (Å²) in [6.07, 6.45) is 3.82. The average Bonchev–Trinajstić information content (AvgIpc) is 2.15. The highest BCUT2D eigenvalue weighted by Gasteiger charge is 2.14. The van der Waals surface area contributed by atoms with E-state index in [9.17, 15) is 0 Å². The van der Waals surface area contributed by atoms with Crippen molar-refractivity contribution in [1.29, 1.82) is 0 Å². The van der Waals surface area contributed by atoms with E-state index in [1.165, 1.54) is 0 Å².